The van der Waals surface area contributed by atoms with Crippen molar-refractivity contribution in [2.75, 3.05) is 39.3 Å². The molecule has 2 rings (SSSR count). The van der Waals surface area contributed by atoms with Crippen molar-refractivity contribution in [1.29, 1.82) is 0 Å². The van der Waals surface area contributed by atoms with Crippen LogP contribution < -0.4 is 21.3 Å². The molecule has 0 atom stereocenters. The number of hydrogen-bond acceptors (Lipinski definition) is 6. The largest absolute Gasteiger partial charge is 0.325 e. The molecular formula is C10H17N5O4S. The molecule has 0 aromatic carbocycles. The van der Waals surface area contributed by atoms with Gasteiger partial charge in [0.05, 0.1) is 0 Å². The van der Waals surface area contributed by atoms with Crippen LogP contribution in [0.4, 0.5) is 0 Å². The quantitative estimate of drug-likeness (QED) is 0.467. The van der Waals surface area contributed by atoms with E-state index in [-0.39, 0.29) is 6.54 Å². The summed E-state index contributed by atoms with van der Waals surface area (Å²) in [6.45, 7) is 4.27. The summed E-state index contributed by atoms with van der Waals surface area (Å²) < 4.78 is 26.2. The molecule has 1 fully saturated rings. The lowest BCUT2D eigenvalue weighted by molar-refractivity contribution is 0.245. The van der Waals surface area contributed by atoms with Crippen molar-refractivity contribution < 1.29 is 8.42 Å². The van der Waals surface area contributed by atoms with Gasteiger partial charge in [-0.15, -0.1) is 0 Å². The van der Waals surface area contributed by atoms with Crippen LogP contribution in [0.5, 0.6) is 0 Å². The van der Waals surface area contributed by atoms with Crippen molar-refractivity contribution in [3.8, 4) is 0 Å². The first kappa shape index (κ1) is 14.9. The topological polar surface area (TPSA) is 127 Å². The Hall–Kier alpha value is -1.49. The van der Waals surface area contributed by atoms with E-state index in [1.165, 1.54) is 0 Å². The molecular weight excluding hydrogens is 286 g/mol. The summed E-state index contributed by atoms with van der Waals surface area (Å²) in [5.41, 5.74) is -1.67. The molecule has 0 saturated carbocycles. The van der Waals surface area contributed by atoms with Crippen molar-refractivity contribution in [3.05, 3.63) is 27.0 Å². The van der Waals surface area contributed by atoms with Crippen LogP contribution in [0.15, 0.2) is 20.7 Å². The molecule has 10 heteroatoms. The Morgan fingerprint density at radius 3 is 2.60 bits per heavy atom. The Morgan fingerprint density at radius 2 is 1.95 bits per heavy atom. The first-order valence-electron chi connectivity index (χ1n) is 6.24. The fraction of sp³-hybridized carbons (Fsp3) is 0.600. The van der Waals surface area contributed by atoms with Gasteiger partial charge < -0.3 is 10.3 Å². The standard InChI is InChI=1S/C10H17N5O4S/c16-9-8(7-12-10(17)14-9)20(18,19)13-3-6-15-4-1-11-2-5-15/h7,11,13H,1-6H2,(H2,12,14,16,17). The van der Waals surface area contributed by atoms with Gasteiger partial charge in [0.2, 0.25) is 10.0 Å². The molecule has 0 radical (unpaired) electrons. The van der Waals surface area contributed by atoms with E-state index in [2.05, 4.69) is 19.9 Å². The third kappa shape index (κ3) is 3.76. The summed E-state index contributed by atoms with van der Waals surface area (Å²) in [4.78, 5) is 27.9. The number of aromatic amines is 2. The summed E-state index contributed by atoms with van der Waals surface area (Å²) >= 11 is 0. The Morgan fingerprint density at radius 1 is 1.25 bits per heavy atom. The summed E-state index contributed by atoms with van der Waals surface area (Å²) in [5, 5.41) is 3.20. The summed E-state index contributed by atoms with van der Waals surface area (Å²) in [6, 6.07) is 0. The summed E-state index contributed by atoms with van der Waals surface area (Å²) in [6.07, 6.45) is 0.897. The predicted molar refractivity (Wildman–Crippen MR) is 72.2 cm³/mol. The first-order valence-corrected chi connectivity index (χ1v) is 7.72. The number of hydrogen-bond donors (Lipinski definition) is 4. The maximum atomic E-state index is 11.9. The van der Waals surface area contributed by atoms with Crippen molar-refractivity contribution in [3.63, 3.8) is 0 Å². The third-order valence-electron chi connectivity index (χ3n) is 3.00. The van der Waals surface area contributed by atoms with Gasteiger partial charge in [-0.25, -0.2) is 17.9 Å². The highest BCUT2D eigenvalue weighted by Crippen LogP contribution is 1.98. The van der Waals surface area contributed by atoms with Crippen LogP contribution in [0.2, 0.25) is 0 Å². The van der Waals surface area contributed by atoms with E-state index in [1.54, 1.807) is 0 Å². The number of nitrogens with zero attached hydrogens (tertiary/aromatic N) is 1. The zero-order valence-corrected chi connectivity index (χ0v) is 11.6. The number of piperazine rings is 1. The molecule has 0 unspecified atom stereocenters. The highest BCUT2D eigenvalue weighted by atomic mass is 32.2. The molecule has 112 valence electrons. The van der Waals surface area contributed by atoms with Gasteiger partial charge in [-0.05, 0) is 0 Å². The van der Waals surface area contributed by atoms with Crippen LogP contribution in [0.3, 0.4) is 0 Å². The van der Waals surface area contributed by atoms with E-state index in [9.17, 15) is 18.0 Å². The third-order valence-corrected chi connectivity index (χ3v) is 4.47. The molecule has 4 N–H and O–H groups in total. The molecule has 9 nitrogen and oxygen atoms in total. The second-order valence-corrected chi connectivity index (χ2v) is 6.16. The molecule has 1 aliphatic heterocycles. The van der Waals surface area contributed by atoms with E-state index < -0.39 is 26.2 Å². The van der Waals surface area contributed by atoms with Crippen LogP contribution in [-0.2, 0) is 10.0 Å². The zero-order valence-electron chi connectivity index (χ0n) is 10.8. The minimum atomic E-state index is -3.91. The van der Waals surface area contributed by atoms with Gasteiger partial charge in [-0.2, -0.15) is 0 Å². The van der Waals surface area contributed by atoms with Crippen molar-refractivity contribution >= 4 is 10.0 Å². The maximum Gasteiger partial charge on any atom is 0.325 e. The van der Waals surface area contributed by atoms with Crippen LogP contribution in [0.25, 0.3) is 0 Å². The number of nitrogens with one attached hydrogen (secondary N) is 4. The van der Waals surface area contributed by atoms with Gasteiger partial charge in [0.25, 0.3) is 5.56 Å². The van der Waals surface area contributed by atoms with Crippen molar-refractivity contribution in [2.24, 2.45) is 0 Å². The lowest BCUT2D eigenvalue weighted by Crippen LogP contribution is -2.46. The van der Waals surface area contributed by atoms with E-state index in [0.717, 1.165) is 32.4 Å². The first-order chi connectivity index (χ1) is 9.49. The Labute approximate surface area is 115 Å². The van der Waals surface area contributed by atoms with Gasteiger partial charge in [-0.1, -0.05) is 0 Å². The zero-order chi connectivity index (χ0) is 14.6. The van der Waals surface area contributed by atoms with Crippen LogP contribution in [0.1, 0.15) is 0 Å². The monoisotopic (exact) mass is 303 g/mol. The minimum Gasteiger partial charge on any atom is -0.314 e. The number of H-pyrrole nitrogens is 2. The Kier molecular flexibility index (Phi) is 4.70. The van der Waals surface area contributed by atoms with Crippen LogP contribution >= 0.6 is 0 Å². The molecule has 1 aliphatic rings. The van der Waals surface area contributed by atoms with E-state index in [4.69, 9.17) is 0 Å². The lowest BCUT2D eigenvalue weighted by atomic mass is 10.3. The second kappa shape index (κ2) is 6.31. The average molecular weight is 303 g/mol. The van der Waals surface area contributed by atoms with E-state index in [1.807, 2.05) is 4.98 Å². The molecule has 0 aliphatic carbocycles. The number of aromatic nitrogens is 2. The molecule has 1 saturated heterocycles. The van der Waals surface area contributed by atoms with Gasteiger partial charge in [-0.3, -0.25) is 14.7 Å². The van der Waals surface area contributed by atoms with Crippen LogP contribution in [0, 0.1) is 0 Å². The predicted octanol–water partition coefficient (Wildman–Crippen LogP) is -2.75. The van der Waals surface area contributed by atoms with Crippen LogP contribution in [-0.4, -0.2) is 62.6 Å². The molecule has 0 amide bonds. The fourth-order valence-electron chi connectivity index (χ4n) is 1.95. The molecule has 2 heterocycles. The van der Waals surface area contributed by atoms with Gasteiger partial charge in [0, 0.05) is 45.5 Å². The summed E-state index contributed by atoms with van der Waals surface area (Å²) in [5.74, 6) is 0. The second-order valence-electron chi connectivity index (χ2n) is 4.43. The fourth-order valence-corrected chi connectivity index (χ4v) is 2.97. The van der Waals surface area contributed by atoms with Gasteiger partial charge in [0.1, 0.15) is 0 Å². The van der Waals surface area contributed by atoms with Gasteiger partial charge in [0.15, 0.2) is 4.90 Å². The summed E-state index contributed by atoms with van der Waals surface area (Å²) in [7, 11) is -3.91. The maximum absolute atomic E-state index is 11.9. The molecule has 20 heavy (non-hydrogen) atoms. The van der Waals surface area contributed by atoms with Gasteiger partial charge >= 0.3 is 5.69 Å². The Balaban J connectivity index is 1.96. The number of rotatable bonds is 5. The average Bonchev–Trinajstić information content (AvgIpc) is 2.39. The molecule has 1 aromatic heterocycles. The SMILES string of the molecule is O=c1[nH]cc(S(=O)(=O)NCCN2CCNCC2)c(=O)[nH]1. The normalized spacial score (nSPS) is 17.2. The highest BCUT2D eigenvalue weighted by Gasteiger charge is 2.19. The smallest absolute Gasteiger partial charge is 0.314 e. The molecule has 0 bridgehead atoms. The van der Waals surface area contributed by atoms with E-state index in [0.29, 0.717) is 6.54 Å². The highest BCUT2D eigenvalue weighted by molar-refractivity contribution is 7.89. The number of sulfonamides is 1. The van der Waals surface area contributed by atoms with E-state index >= 15 is 0 Å². The lowest BCUT2D eigenvalue weighted by Gasteiger charge is -2.26. The van der Waals surface area contributed by atoms with Crippen molar-refractivity contribution in [2.45, 2.75) is 4.90 Å². The molecule has 0 spiro atoms. The van der Waals surface area contributed by atoms with Crippen molar-refractivity contribution in [1.82, 2.24) is 24.9 Å². The minimum absolute atomic E-state index is 0.209. The molecule has 1 aromatic rings. The Bertz CT molecular complexity index is 659.